The molecule has 0 aromatic heterocycles. The molecule has 1 saturated heterocycles. The second-order valence-electron chi connectivity index (χ2n) is 8.24. The molecule has 0 amide bonds. The van der Waals surface area contributed by atoms with Crippen LogP contribution in [0.15, 0.2) is 0 Å². The van der Waals surface area contributed by atoms with Gasteiger partial charge < -0.3 is 5.73 Å². The number of likely N-dealkylation sites (tertiary alicyclic amines) is 1. The maximum absolute atomic E-state index is 6.31. The topological polar surface area (TPSA) is 29.3 Å². The van der Waals surface area contributed by atoms with Crippen molar-refractivity contribution in [2.75, 3.05) is 19.6 Å². The summed E-state index contributed by atoms with van der Waals surface area (Å²) < 4.78 is 0. The Balaban J connectivity index is 1.94. The molecule has 2 heteroatoms. The van der Waals surface area contributed by atoms with Gasteiger partial charge in [-0.15, -0.1) is 0 Å². The van der Waals surface area contributed by atoms with Crippen molar-refractivity contribution in [3.8, 4) is 0 Å². The lowest BCUT2D eigenvalue weighted by molar-refractivity contribution is 0.00591. The molecule has 0 aromatic carbocycles. The summed E-state index contributed by atoms with van der Waals surface area (Å²) in [5.74, 6) is 2.73. The van der Waals surface area contributed by atoms with E-state index >= 15 is 0 Å². The van der Waals surface area contributed by atoms with Crippen molar-refractivity contribution in [1.82, 2.24) is 4.90 Å². The summed E-state index contributed by atoms with van der Waals surface area (Å²) in [6.45, 7) is 10.5. The number of rotatable bonds is 6. The molecule has 0 aromatic rings. The SMILES string of the molecule is CCCC1CCN(C2(CN)CCCC(CC(C)C)C2)CC1. The summed E-state index contributed by atoms with van der Waals surface area (Å²) in [5, 5.41) is 0. The predicted molar refractivity (Wildman–Crippen MR) is 92.4 cm³/mol. The molecular weight excluding hydrogens is 256 g/mol. The molecule has 2 aliphatic rings. The lowest BCUT2D eigenvalue weighted by atomic mass is 9.71. The van der Waals surface area contributed by atoms with Crippen LogP contribution in [0, 0.1) is 17.8 Å². The summed E-state index contributed by atoms with van der Waals surface area (Å²) >= 11 is 0. The monoisotopic (exact) mass is 294 g/mol. The largest absolute Gasteiger partial charge is 0.329 e. The fourth-order valence-electron chi connectivity index (χ4n) is 5.04. The molecule has 2 nitrogen and oxygen atoms in total. The standard InChI is InChI=1S/C19H38N2/c1-4-6-17-8-11-21(12-9-17)19(15-20)10-5-7-18(14-19)13-16(2)3/h16-18H,4-15,20H2,1-3H3. The van der Waals surface area contributed by atoms with E-state index in [1.807, 2.05) is 0 Å². The van der Waals surface area contributed by atoms with E-state index in [1.165, 1.54) is 70.9 Å². The number of nitrogens with two attached hydrogens (primary N) is 1. The van der Waals surface area contributed by atoms with Gasteiger partial charge in [-0.25, -0.2) is 0 Å². The Bertz CT molecular complexity index is 294. The second kappa shape index (κ2) is 7.97. The van der Waals surface area contributed by atoms with Crippen molar-refractivity contribution in [2.24, 2.45) is 23.5 Å². The zero-order chi connectivity index (χ0) is 15.3. The van der Waals surface area contributed by atoms with Crippen LogP contribution >= 0.6 is 0 Å². The molecule has 2 fully saturated rings. The van der Waals surface area contributed by atoms with E-state index in [0.29, 0.717) is 5.54 Å². The summed E-state index contributed by atoms with van der Waals surface area (Å²) in [5.41, 5.74) is 6.66. The highest BCUT2D eigenvalue weighted by Crippen LogP contribution is 2.40. The van der Waals surface area contributed by atoms with E-state index in [9.17, 15) is 0 Å². The van der Waals surface area contributed by atoms with Crippen LogP contribution in [-0.2, 0) is 0 Å². The van der Waals surface area contributed by atoms with Crippen molar-refractivity contribution in [3.63, 3.8) is 0 Å². The Morgan fingerprint density at radius 2 is 1.86 bits per heavy atom. The van der Waals surface area contributed by atoms with Crippen molar-refractivity contribution in [1.29, 1.82) is 0 Å². The Kier molecular flexibility index (Phi) is 6.55. The third-order valence-electron chi connectivity index (χ3n) is 6.09. The van der Waals surface area contributed by atoms with E-state index in [-0.39, 0.29) is 0 Å². The van der Waals surface area contributed by atoms with Crippen LogP contribution in [0.25, 0.3) is 0 Å². The molecule has 2 N–H and O–H groups in total. The fraction of sp³-hybridized carbons (Fsp3) is 1.00. The highest BCUT2D eigenvalue weighted by molar-refractivity contribution is 4.98. The maximum Gasteiger partial charge on any atom is 0.0334 e. The summed E-state index contributed by atoms with van der Waals surface area (Å²) in [4.78, 5) is 2.80. The normalized spacial score (nSPS) is 32.7. The number of piperidine rings is 1. The van der Waals surface area contributed by atoms with Gasteiger partial charge >= 0.3 is 0 Å². The minimum absolute atomic E-state index is 0.342. The van der Waals surface area contributed by atoms with Crippen molar-refractivity contribution >= 4 is 0 Å². The van der Waals surface area contributed by atoms with Crippen LogP contribution in [-0.4, -0.2) is 30.1 Å². The average Bonchev–Trinajstić information content (AvgIpc) is 2.48. The molecule has 1 saturated carbocycles. The van der Waals surface area contributed by atoms with Crippen LogP contribution in [0.2, 0.25) is 0 Å². The lowest BCUT2D eigenvalue weighted by Gasteiger charge is -2.51. The minimum atomic E-state index is 0.342. The molecule has 0 bridgehead atoms. The maximum atomic E-state index is 6.31. The van der Waals surface area contributed by atoms with Gasteiger partial charge in [0.05, 0.1) is 0 Å². The Morgan fingerprint density at radius 3 is 2.43 bits per heavy atom. The van der Waals surface area contributed by atoms with Crippen LogP contribution in [0.3, 0.4) is 0 Å². The quantitative estimate of drug-likeness (QED) is 0.785. The van der Waals surface area contributed by atoms with Crippen LogP contribution in [0.1, 0.15) is 78.6 Å². The van der Waals surface area contributed by atoms with Gasteiger partial charge in [0.15, 0.2) is 0 Å². The third-order valence-corrected chi connectivity index (χ3v) is 6.09. The van der Waals surface area contributed by atoms with Gasteiger partial charge in [-0.1, -0.05) is 46.5 Å². The zero-order valence-electron chi connectivity index (χ0n) is 14.7. The number of hydrogen-bond acceptors (Lipinski definition) is 2. The Labute approximate surface area is 132 Å². The second-order valence-corrected chi connectivity index (χ2v) is 8.24. The Hall–Kier alpha value is -0.0800. The van der Waals surface area contributed by atoms with Gasteiger partial charge in [0.25, 0.3) is 0 Å². The van der Waals surface area contributed by atoms with Gasteiger partial charge in [-0.2, -0.15) is 0 Å². The smallest absolute Gasteiger partial charge is 0.0334 e. The number of nitrogens with zero attached hydrogens (tertiary/aromatic N) is 1. The fourth-order valence-corrected chi connectivity index (χ4v) is 5.04. The first kappa shape index (κ1) is 17.3. The molecular formula is C19H38N2. The van der Waals surface area contributed by atoms with Gasteiger partial charge in [-0.05, 0) is 62.9 Å². The predicted octanol–water partition coefficient (Wildman–Crippen LogP) is 4.43. The molecule has 1 aliphatic heterocycles. The van der Waals surface area contributed by atoms with Gasteiger partial charge in [0.2, 0.25) is 0 Å². The average molecular weight is 295 g/mol. The van der Waals surface area contributed by atoms with E-state index in [1.54, 1.807) is 0 Å². The first-order valence-electron chi connectivity index (χ1n) is 9.54. The van der Waals surface area contributed by atoms with Crippen LogP contribution < -0.4 is 5.73 Å². The lowest BCUT2D eigenvalue weighted by Crippen LogP contribution is -2.58. The van der Waals surface area contributed by atoms with Crippen molar-refractivity contribution in [3.05, 3.63) is 0 Å². The van der Waals surface area contributed by atoms with E-state index in [4.69, 9.17) is 5.73 Å². The molecule has 21 heavy (non-hydrogen) atoms. The summed E-state index contributed by atoms with van der Waals surface area (Å²) in [6, 6.07) is 0. The molecule has 0 radical (unpaired) electrons. The van der Waals surface area contributed by atoms with E-state index < -0.39 is 0 Å². The van der Waals surface area contributed by atoms with Gasteiger partial charge in [-0.3, -0.25) is 4.90 Å². The third kappa shape index (κ3) is 4.45. The molecule has 2 atom stereocenters. The summed E-state index contributed by atoms with van der Waals surface area (Å²) in [6.07, 6.45) is 12.5. The minimum Gasteiger partial charge on any atom is -0.329 e. The molecule has 0 spiro atoms. The molecule has 124 valence electrons. The molecule has 2 unspecified atom stereocenters. The number of hydrogen-bond donors (Lipinski definition) is 1. The van der Waals surface area contributed by atoms with Gasteiger partial charge in [0, 0.05) is 12.1 Å². The van der Waals surface area contributed by atoms with E-state index in [0.717, 1.165) is 24.3 Å². The first-order valence-corrected chi connectivity index (χ1v) is 9.54. The highest BCUT2D eigenvalue weighted by Gasteiger charge is 2.41. The highest BCUT2D eigenvalue weighted by atomic mass is 15.2. The van der Waals surface area contributed by atoms with Crippen molar-refractivity contribution < 1.29 is 0 Å². The van der Waals surface area contributed by atoms with E-state index in [2.05, 4.69) is 25.7 Å². The zero-order valence-corrected chi connectivity index (χ0v) is 14.7. The molecule has 2 rings (SSSR count). The Morgan fingerprint density at radius 1 is 1.14 bits per heavy atom. The van der Waals surface area contributed by atoms with Crippen LogP contribution in [0.4, 0.5) is 0 Å². The van der Waals surface area contributed by atoms with Gasteiger partial charge in [0.1, 0.15) is 0 Å². The molecule has 1 aliphatic carbocycles. The van der Waals surface area contributed by atoms with Crippen LogP contribution in [0.5, 0.6) is 0 Å². The summed E-state index contributed by atoms with van der Waals surface area (Å²) in [7, 11) is 0. The van der Waals surface area contributed by atoms with Crippen molar-refractivity contribution in [2.45, 2.75) is 84.1 Å². The first-order chi connectivity index (χ1) is 10.1. The molecule has 1 heterocycles.